The second-order valence-corrected chi connectivity index (χ2v) is 8.37. The first kappa shape index (κ1) is 18.0. The maximum atomic E-state index is 12.3. The highest BCUT2D eigenvalue weighted by atomic mass is 16.5. The van der Waals surface area contributed by atoms with E-state index in [0.29, 0.717) is 24.9 Å². The quantitative estimate of drug-likeness (QED) is 0.780. The van der Waals surface area contributed by atoms with Gasteiger partial charge in [0, 0.05) is 44.4 Å². The third-order valence-electron chi connectivity index (χ3n) is 6.63. The minimum Gasteiger partial charge on any atom is -0.339 e. The molecule has 1 atom stereocenters. The second kappa shape index (κ2) is 8.07. The van der Waals surface area contributed by atoms with Gasteiger partial charge in [-0.25, -0.2) is 0 Å². The minimum absolute atomic E-state index is 0.172. The van der Waals surface area contributed by atoms with Crippen LogP contribution in [0.4, 0.5) is 0 Å². The van der Waals surface area contributed by atoms with Crippen LogP contribution in [-0.4, -0.2) is 57.6 Å². The van der Waals surface area contributed by atoms with Gasteiger partial charge in [-0.2, -0.15) is 4.98 Å². The summed E-state index contributed by atoms with van der Waals surface area (Å²) in [5.74, 6) is 2.19. The average molecular weight is 361 g/mol. The Morgan fingerprint density at radius 3 is 2.65 bits per heavy atom. The molecule has 0 radical (unpaired) electrons. The maximum absolute atomic E-state index is 12.3. The van der Waals surface area contributed by atoms with Crippen LogP contribution in [0.2, 0.25) is 0 Å². The van der Waals surface area contributed by atoms with E-state index >= 15 is 0 Å². The molecule has 1 amide bonds. The third-order valence-corrected chi connectivity index (χ3v) is 6.63. The first-order valence-corrected chi connectivity index (χ1v) is 10.5. The number of nitrogens with zero attached hydrogens (tertiary/aromatic N) is 4. The molecule has 6 nitrogen and oxygen atoms in total. The standard InChI is InChI=1S/C20H32N4O2/c1-15(25)24(13-11-19-21-20(26-22-19)16-6-4-7-16)18-10-5-12-23(14-18)17-8-2-3-9-17/h16-18H,2-14H2,1H3. The van der Waals surface area contributed by atoms with Crippen molar-refractivity contribution < 1.29 is 9.32 Å². The largest absolute Gasteiger partial charge is 0.339 e. The summed E-state index contributed by atoms with van der Waals surface area (Å²) in [4.78, 5) is 21.6. The fourth-order valence-corrected chi connectivity index (χ4v) is 4.85. The number of piperidine rings is 1. The molecular weight excluding hydrogens is 328 g/mol. The smallest absolute Gasteiger partial charge is 0.229 e. The number of likely N-dealkylation sites (tertiary alicyclic amines) is 1. The number of carbonyl (C=O) groups is 1. The summed E-state index contributed by atoms with van der Waals surface area (Å²) in [6, 6.07) is 1.08. The van der Waals surface area contributed by atoms with E-state index in [4.69, 9.17) is 4.52 Å². The minimum atomic E-state index is 0.172. The van der Waals surface area contributed by atoms with Crippen LogP contribution in [0.25, 0.3) is 0 Å². The highest BCUT2D eigenvalue weighted by molar-refractivity contribution is 5.73. The first-order valence-electron chi connectivity index (χ1n) is 10.5. The van der Waals surface area contributed by atoms with Gasteiger partial charge >= 0.3 is 0 Å². The summed E-state index contributed by atoms with van der Waals surface area (Å²) in [6.07, 6.45) is 12.0. The monoisotopic (exact) mass is 360 g/mol. The van der Waals surface area contributed by atoms with Crippen LogP contribution in [0.1, 0.15) is 82.3 Å². The molecule has 1 aliphatic heterocycles. The van der Waals surface area contributed by atoms with E-state index in [0.717, 1.165) is 30.7 Å². The van der Waals surface area contributed by atoms with E-state index in [1.54, 1.807) is 6.92 Å². The van der Waals surface area contributed by atoms with Crippen LogP contribution in [0.15, 0.2) is 4.52 Å². The number of rotatable bonds is 6. The summed E-state index contributed by atoms with van der Waals surface area (Å²) in [5, 5.41) is 4.14. The molecule has 3 aliphatic rings. The highest BCUT2D eigenvalue weighted by Gasteiger charge is 2.32. The van der Waals surface area contributed by atoms with Crippen molar-refractivity contribution in [2.24, 2.45) is 0 Å². The summed E-state index contributed by atoms with van der Waals surface area (Å²) >= 11 is 0. The Labute approximate surface area is 156 Å². The van der Waals surface area contributed by atoms with Gasteiger partial charge < -0.3 is 9.42 Å². The lowest BCUT2D eigenvalue weighted by Crippen LogP contribution is -2.52. The molecule has 6 heteroatoms. The second-order valence-electron chi connectivity index (χ2n) is 8.37. The number of hydrogen-bond donors (Lipinski definition) is 0. The van der Waals surface area contributed by atoms with Crippen molar-refractivity contribution in [1.29, 1.82) is 0 Å². The molecule has 1 saturated heterocycles. The Kier molecular flexibility index (Phi) is 5.57. The van der Waals surface area contributed by atoms with Gasteiger partial charge in [-0.1, -0.05) is 24.4 Å². The van der Waals surface area contributed by atoms with Gasteiger partial charge in [0.15, 0.2) is 5.82 Å². The van der Waals surface area contributed by atoms with Crippen molar-refractivity contribution in [3.8, 4) is 0 Å². The molecule has 144 valence electrons. The van der Waals surface area contributed by atoms with E-state index in [1.807, 2.05) is 0 Å². The van der Waals surface area contributed by atoms with Crippen LogP contribution < -0.4 is 0 Å². The molecule has 4 rings (SSSR count). The SMILES string of the molecule is CC(=O)N(CCc1noc(C2CCC2)n1)C1CCCN(C2CCCC2)C1. The van der Waals surface area contributed by atoms with Gasteiger partial charge in [0.2, 0.25) is 11.8 Å². The topological polar surface area (TPSA) is 62.5 Å². The van der Waals surface area contributed by atoms with Crippen molar-refractivity contribution in [2.45, 2.75) is 89.1 Å². The Hall–Kier alpha value is -1.43. The van der Waals surface area contributed by atoms with Crippen molar-refractivity contribution >= 4 is 5.91 Å². The predicted molar refractivity (Wildman–Crippen MR) is 98.8 cm³/mol. The molecule has 3 fully saturated rings. The average Bonchev–Trinajstić information content (AvgIpc) is 3.25. The number of amides is 1. The number of hydrogen-bond acceptors (Lipinski definition) is 5. The molecule has 0 spiro atoms. The van der Waals surface area contributed by atoms with Crippen LogP contribution in [0, 0.1) is 0 Å². The van der Waals surface area contributed by atoms with Crippen molar-refractivity contribution in [1.82, 2.24) is 19.9 Å². The Morgan fingerprint density at radius 2 is 1.96 bits per heavy atom. The fourth-order valence-electron chi connectivity index (χ4n) is 4.85. The molecule has 1 unspecified atom stereocenters. The fraction of sp³-hybridized carbons (Fsp3) is 0.850. The van der Waals surface area contributed by atoms with Gasteiger partial charge in [0.25, 0.3) is 0 Å². The first-order chi connectivity index (χ1) is 12.7. The Bertz CT molecular complexity index is 607. The van der Waals surface area contributed by atoms with E-state index in [1.165, 1.54) is 57.9 Å². The molecule has 0 aromatic carbocycles. The van der Waals surface area contributed by atoms with Gasteiger partial charge in [0.1, 0.15) is 0 Å². The molecule has 0 N–H and O–H groups in total. The van der Waals surface area contributed by atoms with Gasteiger partial charge in [-0.15, -0.1) is 0 Å². The molecule has 0 bridgehead atoms. The third kappa shape index (κ3) is 3.95. The summed E-state index contributed by atoms with van der Waals surface area (Å²) in [5.41, 5.74) is 0. The zero-order chi connectivity index (χ0) is 17.9. The molecule has 2 heterocycles. The Morgan fingerprint density at radius 1 is 1.15 bits per heavy atom. The van der Waals surface area contributed by atoms with Crippen LogP contribution in [0.5, 0.6) is 0 Å². The number of carbonyl (C=O) groups excluding carboxylic acids is 1. The van der Waals surface area contributed by atoms with Gasteiger partial charge in [0.05, 0.1) is 0 Å². The molecular formula is C20H32N4O2. The van der Waals surface area contributed by atoms with Gasteiger partial charge in [-0.3, -0.25) is 9.69 Å². The highest BCUT2D eigenvalue weighted by Crippen LogP contribution is 2.35. The number of aromatic nitrogens is 2. The normalized spacial score (nSPS) is 25.3. The molecule has 26 heavy (non-hydrogen) atoms. The van der Waals surface area contributed by atoms with E-state index in [-0.39, 0.29) is 5.91 Å². The lowest BCUT2D eigenvalue weighted by Gasteiger charge is -2.41. The van der Waals surface area contributed by atoms with Crippen LogP contribution >= 0.6 is 0 Å². The van der Waals surface area contributed by atoms with Crippen molar-refractivity contribution in [2.75, 3.05) is 19.6 Å². The summed E-state index contributed by atoms with van der Waals surface area (Å²) < 4.78 is 5.42. The van der Waals surface area contributed by atoms with Crippen LogP contribution in [-0.2, 0) is 11.2 Å². The van der Waals surface area contributed by atoms with Crippen molar-refractivity contribution in [3.63, 3.8) is 0 Å². The molecule has 2 saturated carbocycles. The Balaban J connectivity index is 1.34. The van der Waals surface area contributed by atoms with Crippen LogP contribution in [0.3, 0.4) is 0 Å². The molecule has 2 aliphatic carbocycles. The predicted octanol–water partition coefficient (Wildman–Crippen LogP) is 3.14. The van der Waals surface area contributed by atoms with E-state index in [2.05, 4.69) is 19.9 Å². The molecule has 1 aromatic rings. The molecule has 1 aromatic heterocycles. The zero-order valence-corrected chi connectivity index (χ0v) is 16.0. The summed E-state index contributed by atoms with van der Waals surface area (Å²) in [7, 11) is 0. The lowest BCUT2D eigenvalue weighted by atomic mass is 9.85. The lowest BCUT2D eigenvalue weighted by molar-refractivity contribution is -0.132. The van der Waals surface area contributed by atoms with E-state index < -0.39 is 0 Å². The van der Waals surface area contributed by atoms with Crippen molar-refractivity contribution in [3.05, 3.63) is 11.7 Å². The van der Waals surface area contributed by atoms with Gasteiger partial charge in [-0.05, 0) is 45.1 Å². The zero-order valence-electron chi connectivity index (χ0n) is 16.0. The maximum Gasteiger partial charge on any atom is 0.229 e. The summed E-state index contributed by atoms with van der Waals surface area (Å²) in [6.45, 7) is 4.62. The van der Waals surface area contributed by atoms with E-state index in [9.17, 15) is 4.79 Å².